The molecule has 1 aromatic rings. The molecular weight excluding hydrogens is 301 g/mol. The number of thiocarbonyl (C=S) groups is 1. The minimum absolute atomic E-state index is 0.161. The maximum Gasteiger partial charge on any atom is 0.417 e. The predicted octanol–water partition coefficient (Wildman–Crippen LogP) is 3.32. The van der Waals surface area contributed by atoms with Crippen LogP contribution in [0.3, 0.4) is 0 Å². The minimum Gasteiger partial charge on any atom is -0.389 e. The van der Waals surface area contributed by atoms with Gasteiger partial charge in [-0.05, 0) is 38.0 Å². The van der Waals surface area contributed by atoms with Crippen molar-refractivity contribution >= 4 is 22.9 Å². The second-order valence-corrected chi connectivity index (χ2v) is 5.82. The van der Waals surface area contributed by atoms with Gasteiger partial charge in [0.2, 0.25) is 0 Å². The fourth-order valence-corrected chi connectivity index (χ4v) is 2.55. The fraction of sp³-hybridized carbons (Fsp3) is 0.500. The van der Waals surface area contributed by atoms with Gasteiger partial charge in [-0.1, -0.05) is 12.2 Å². The van der Waals surface area contributed by atoms with Crippen molar-refractivity contribution in [2.75, 3.05) is 18.5 Å². The largest absolute Gasteiger partial charge is 0.417 e. The van der Waals surface area contributed by atoms with Gasteiger partial charge in [0.05, 0.1) is 11.2 Å². The monoisotopic (exact) mass is 318 g/mol. The molecule has 0 bridgehead atoms. The smallest absolute Gasteiger partial charge is 0.389 e. The lowest BCUT2D eigenvalue weighted by molar-refractivity contribution is -0.137. The van der Waals surface area contributed by atoms with E-state index in [4.69, 9.17) is 10.5 Å². The molecule has 3 nitrogen and oxygen atoms in total. The number of benzene rings is 1. The van der Waals surface area contributed by atoms with Crippen molar-refractivity contribution in [2.24, 2.45) is 5.73 Å². The topological polar surface area (TPSA) is 47.3 Å². The van der Waals surface area contributed by atoms with E-state index < -0.39 is 11.7 Å². The highest BCUT2D eigenvalue weighted by Gasteiger charge is 2.35. The zero-order valence-corrected chi connectivity index (χ0v) is 12.4. The molecule has 0 aromatic heterocycles. The van der Waals surface area contributed by atoms with Gasteiger partial charge >= 0.3 is 6.18 Å². The molecule has 0 aliphatic carbocycles. The number of hydrogen-bond donors (Lipinski definition) is 2. The Morgan fingerprint density at radius 1 is 1.48 bits per heavy atom. The number of anilines is 1. The summed E-state index contributed by atoms with van der Waals surface area (Å²) < 4.78 is 44.7. The van der Waals surface area contributed by atoms with Crippen LogP contribution in [0.4, 0.5) is 18.9 Å². The summed E-state index contributed by atoms with van der Waals surface area (Å²) >= 11 is 4.67. The third-order valence-corrected chi connectivity index (χ3v) is 3.78. The van der Waals surface area contributed by atoms with Gasteiger partial charge in [-0.25, -0.2) is 0 Å². The molecule has 1 atom stereocenters. The average Bonchev–Trinajstić information content (AvgIpc) is 2.82. The lowest BCUT2D eigenvalue weighted by atomic mass is 10.0. The summed E-state index contributed by atoms with van der Waals surface area (Å²) in [7, 11) is 0. The van der Waals surface area contributed by atoms with E-state index >= 15 is 0 Å². The summed E-state index contributed by atoms with van der Waals surface area (Å²) in [5.74, 6) is 0. The van der Waals surface area contributed by atoms with Gasteiger partial charge in [0, 0.05) is 24.4 Å². The van der Waals surface area contributed by atoms with Crippen molar-refractivity contribution in [1.29, 1.82) is 0 Å². The van der Waals surface area contributed by atoms with Crippen molar-refractivity contribution < 1.29 is 17.9 Å². The summed E-state index contributed by atoms with van der Waals surface area (Å²) in [5, 5.41) is 3.00. The minimum atomic E-state index is -4.50. The summed E-state index contributed by atoms with van der Waals surface area (Å²) in [6, 6.07) is 3.88. The lowest BCUT2D eigenvalue weighted by Crippen LogP contribution is -2.32. The van der Waals surface area contributed by atoms with Gasteiger partial charge < -0.3 is 15.8 Å². The molecule has 1 heterocycles. The first-order valence-corrected chi connectivity index (χ1v) is 7.01. The molecule has 2 rings (SSSR count). The second kappa shape index (κ2) is 5.81. The first kappa shape index (κ1) is 16.0. The number of halogens is 3. The van der Waals surface area contributed by atoms with Crippen LogP contribution in [-0.4, -0.2) is 23.7 Å². The number of hydrogen-bond acceptors (Lipinski definition) is 3. The van der Waals surface area contributed by atoms with Gasteiger partial charge in [-0.2, -0.15) is 13.2 Å². The van der Waals surface area contributed by atoms with Gasteiger partial charge in [-0.3, -0.25) is 0 Å². The van der Waals surface area contributed by atoms with Gasteiger partial charge in [0.25, 0.3) is 0 Å². The Labute approximate surface area is 126 Å². The zero-order chi connectivity index (χ0) is 15.7. The van der Waals surface area contributed by atoms with Gasteiger partial charge in [0.15, 0.2) is 0 Å². The highest BCUT2D eigenvalue weighted by molar-refractivity contribution is 7.80. The molecule has 0 spiro atoms. The molecular formula is C14H17F3N2OS. The highest BCUT2D eigenvalue weighted by atomic mass is 32.1. The standard InChI is InChI=1S/C14H17F3N2OS/c1-13(5-2-6-20-13)8-19-9-3-4-10(12(18)21)11(7-9)14(15,16)17/h3-4,7,19H,2,5-6,8H2,1H3,(H2,18,21). The van der Waals surface area contributed by atoms with Crippen LogP contribution in [0.5, 0.6) is 0 Å². The molecule has 1 saturated heterocycles. The molecule has 21 heavy (non-hydrogen) atoms. The third-order valence-electron chi connectivity index (χ3n) is 3.56. The van der Waals surface area contributed by atoms with E-state index in [1.807, 2.05) is 6.92 Å². The van der Waals surface area contributed by atoms with Crippen LogP contribution in [0.15, 0.2) is 18.2 Å². The first-order valence-electron chi connectivity index (χ1n) is 6.60. The van der Waals surface area contributed by atoms with E-state index in [2.05, 4.69) is 17.5 Å². The van der Waals surface area contributed by atoms with Crippen molar-refractivity contribution in [3.63, 3.8) is 0 Å². The molecule has 116 valence electrons. The first-order chi connectivity index (χ1) is 9.71. The van der Waals surface area contributed by atoms with E-state index in [-0.39, 0.29) is 16.2 Å². The Balaban J connectivity index is 2.19. The number of ether oxygens (including phenoxy) is 1. The van der Waals surface area contributed by atoms with E-state index in [0.717, 1.165) is 18.9 Å². The lowest BCUT2D eigenvalue weighted by Gasteiger charge is -2.24. The van der Waals surface area contributed by atoms with Crippen LogP contribution in [-0.2, 0) is 10.9 Å². The fourth-order valence-electron chi connectivity index (χ4n) is 2.37. The molecule has 1 aliphatic heterocycles. The summed E-state index contributed by atoms with van der Waals surface area (Å²) in [6.07, 6.45) is -2.65. The van der Waals surface area contributed by atoms with Crippen LogP contribution >= 0.6 is 12.2 Å². The Hall–Kier alpha value is -1.34. The van der Waals surface area contributed by atoms with Crippen LogP contribution in [0, 0.1) is 0 Å². The van der Waals surface area contributed by atoms with E-state index in [9.17, 15) is 13.2 Å². The van der Waals surface area contributed by atoms with Gasteiger partial charge in [-0.15, -0.1) is 0 Å². The van der Waals surface area contributed by atoms with E-state index in [0.29, 0.717) is 18.8 Å². The quantitative estimate of drug-likeness (QED) is 0.836. The Bertz CT molecular complexity index is 540. The van der Waals surface area contributed by atoms with Crippen LogP contribution in [0.2, 0.25) is 0 Å². The summed E-state index contributed by atoms with van der Waals surface area (Å²) in [4.78, 5) is -0.264. The van der Waals surface area contributed by atoms with Crippen LogP contribution in [0.25, 0.3) is 0 Å². The molecule has 0 amide bonds. The Morgan fingerprint density at radius 2 is 2.19 bits per heavy atom. The van der Waals surface area contributed by atoms with Crippen molar-refractivity contribution in [2.45, 2.75) is 31.5 Å². The molecule has 7 heteroatoms. The summed E-state index contributed by atoms with van der Waals surface area (Å²) in [5.41, 5.74) is 4.41. The van der Waals surface area contributed by atoms with Crippen molar-refractivity contribution in [1.82, 2.24) is 0 Å². The molecule has 1 unspecified atom stereocenters. The average molecular weight is 318 g/mol. The van der Waals surface area contributed by atoms with E-state index in [1.165, 1.54) is 6.07 Å². The maximum absolute atomic E-state index is 13.0. The van der Waals surface area contributed by atoms with Crippen molar-refractivity contribution in [3.05, 3.63) is 29.3 Å². The molecule has 1 aromatic carbocycles. The van der Waals surface area contributed by atoms with Crippen LogP contribution in [0.1, 0.15) is 30.9 Å². The zero-order valence-electron chi connectivity index (χ0n) is 11.6. The summed E-state index contributed by atoms with van der Waals surface area (Å²) in [6.45, 7) is 3.09. The molecule has 1 fully saturated rings. The SMILES string of the molecule is CC1(CNc2ccc(C(N)=S)c(C(F)(F)F)c2)CCCO1. The number of nitrogens with two attached hydrogens (primary N) is 1. The van der Waals surface area contributed by atoms with Crippen LogP contribution < -0.4 is 11.1 Å². The Kier molecular flexibility index (Phi) is 4.43. The third kappa shape index (κ3) is 3.85. The molecule has 0 radical (unpaired) electrons. The molecule has 3 N–H and O–H groups in total. The highest BCUT2D eigenvalue weighted by Crippen LogP contribution is 2.34. The van der Waals surface area contributed by atoms with Crippen molar-refractivity contribution in [3.8, 4) is 0 Å². The second-order valence-electron chi connectivity index (χ2n) is 5.38. The maximum atomic E-state index is 13.0. The Morgan fingerprint density at radius 3 is 2.71 bits per heavy atom. The number of nitrogens with one attached hydrogen (secondary N) is 1. The number of alkyl halides is 3. The van der Waals surface area contributed by atoms with E-state index in [1.54, 1.807) is 6.07 Å². The molecule has 1 aliphatic rings. The molecule has 0 saturated carbocycles. The normalized spacial score (nSPS) is 22.3. The van der Waals surface area contributed by atoms with Gasteiger partial charge in [0.1, 0.15) is 4.99 Å². The number of rotatable bonds is 4. The predicted molar refractivity (Wildman–Crippen MR) is 79.4 cm³/mol.